The van der Waals surface area contributed by atoms with Crippen LogP contribution in [0, 0.1) is 5.41 Å². The van der Waals surface area contributed by atoms with Gasteiger partial charge in [-0.25, -0.2) is 0 Å². The second-order valence-corrected chi connectivity index (χ2v) is 6.33. The molecule has 0 bridgehead atoms. The Morgan fingerprint density at radius 1 is 1.27 bits per heavy atom. The van der Waals surface area contributed by atoms with E-state index < -0.39 is 11.4 Å². The lowest BCUT2D eigenvalue weighted by Gasteiger charge is -2.21. The van der Waals surface area contributed by atoms with Crippen LogP contribution in [0.3, 0.4) is 0 Å². The summed E-state index contributed by atoms with van der Waals surface area (Å²) in [6, 6.07) is 3.23. The van der Waals surface area contributed by atoms with E-state index in [1.165, 1.54) is 14.2 Å². The Hall–Kier alpha value is -1.76. The number of hydrogen-bond donors (Lipinski definition) is 1. The van der Waals surface area contributed by atoms with E-state index >= 15 is 0 Å². The molecule has 120 valence electrons. The summed E-state index contributed by atoms with van der Waals surface area (Å²) in [5, 5.41) is 9.26. The monoisotopic (exact) mass is 371 g/mol. The van der Waals surface area contributed by atoms with Crippen LogP contribution >= 0.6 is 15.9 Å². The molecule has 0 radical (unpaired) electrons. The number of ether oxygens (including phenoxy) is 2. The maximum absolute atomic E-state index is 12.6. The first-order valence-corrected chi connectivity index (χ1v) is 7.56. The molecule has 1 aromatic carbocycles. The number of aliphatic carboxylic acids is 1. The predicted molar refractivity (Wildman–Crippen MR) is 83.5 cm³/mol. The lowest BCUT2D eigenvalue weighted by molar-refractivity contribution is -0.147. The van der Waals surface area contributed by atoms with Gasteiger partial charge in [0, 0.05) is 18.7 Å². The number of likely N-dealkylation sites (tertiary alicyclic amines) is 1. The molecule has 22 heavy (non-hydrogen) atoms. The second-order valence-electron chi connectivity index (χ2n) is 5.54. The molecule has 6 nitrogen and oxygen atoms in total. The highest BCUT2D eigenvalue weighted by Gasteiger charge is 2.42. The van der Waals surface area contributed by atoms with Gasteiger partial charge in [-0.3, -0.25) is 9.59 Å². The van der Waals surface area contributed by atoms with Crippen LogP contribution in [0.25, 0.3) is 0 Å². The van der Waals surface area contributed by atoms with Gasteiger partial charge in [-0.15, -0.1) is 0 Å². The molecule has 1 atom stereocenters. The summed E-state index contributed by atoms with van der Waals surface area (Å²) in [5.41, 5.74) is -0.481. The fourth-order valence-corrected chi connectivity index (χ4v) is 3.04. The third-order valence-corrected chi connectivity index (χ3v) is 4.75. The van der Waals surface area contributed by atoms with Gasteiger partial charge in [0.1, 0.15) is 16.0 Å². The number of hydrogen-bond acceptors (Lipinski definition) is 4. The van der Waals surface area contributed by atoms with E-state index in [9.17, 15) is 14.7 Å². The third kappa shape index (κ3) is 2.90. The summed E-state index contributed by atoms with van der Waals surface area (Å²) in [6.45, 7) is 2.27. The lowest BCUT2D eigenvalue weighted by atomic mass is 9.90. The minimum atomic E-state index is -0.890. The zero-order valence-corrected chi connectivity index (χ0v) is 14.3. The van der Waals surface area contributed by atoms with Gasteiger partial charge in [0.25, 0.3) is 5.91 Å². The van der Waals surface area contributed by atoms with Crippen LogP contribution < -0.4 is 9.47 Å². The van der Waals surface area contributed by atoms with Crippen molar-refractivity contribution in [3.8, 4) is 11.5 Å². The van der Waals surface area contributed by atoms with Crippen molar-refractivity contribution in [2.75, 3.05) is 27.3 Å². The number of halogens is 1. The summed E-state index contributed by atoms with van der Waals surface area (Å²) >= 11 is 3.35. The first-order valence-electron chi connectivity index (χ1n) is 6.76. The topological polar surface area (TPSA) is 76.1 Å². The first-order chi connectivity index (χ1) is 10.3. The van der Waals surface area contributed by atoms with E-state index in [0.717, 1.165) is 0 Å². The van der Waals surface area contributed by atoms with Crippen molar-refractivity contribution in [2.24, 2.45) is 5.41 Å². The Bertz CT molecular complexity index is 593. The molecule has 1 heterocycles. The molecular formula is C15H18BrNO5. The number of methoxy groups -OCH3 is 2. The normalized spacial score (nSPS) is 20.8. The van der Waals surface area contributed by atoms with Gasteiger partial charge in [0.15, 0.2) is 0 Å². The summed E-state index contributed by atoms with van der Waals surface area (Å²) < 4.78 is 11.1. The maximum atomic E-state index is 12.6. The van der Waals surface area contributed by atoms with Crippen LogP contribution in [0.15, 0.2) is 16.6 Å². The summed E-state index contributed by atoms with van der Waals surface area (Å²) in [6.07, 6.45) is 0.443. The van der Waals surface area contributed by atoms with Crippen LogP contribution in [0.2, 0.25) is 0 Å². The fraction of sp³-hybridized carbons (Fsp3) is 0.467. The SMILES string of the molecule is COc1cc(C(=O)N2CCC(C)(C(=O)O)C2)cc(OC)c1Br. The Morgan fingerprint density at radius 2 is 1.82 bits per heavy atom. The van der Waals surface area contributed by atoms with E-state index in [0.29, 0.717) is 34.5 Å². The molecule has 1 aromatic rings. The lowest BCUT2D eigenvalue weighted by Crippen LogP contribution is -2.34. The molecule has 1 aliphatic rings. The molecule has 1 unspecified atom stereocenters. The minimum Gasteiger partial charge on any atom is -0.495 e. The minimum absolute atomic E-state index is 0.196. The van der Waals surface area contributed by atoms with Crippen molar-refractivity contribution in [3.05, 3.63) is 22.2 Å². The molecule has 1 N–H and O–H groups in total. The second kappa shape index (κ2) is 6.16. The molecule has 1 amide bonds. The number of carbonyl (C=O) groups is 2. The Balaban J connectivity index is 2.29. The van der Waals surface area contributed by atoms with E-state index in [1.54, 1.807) is 24.0 Å². The summed E-state index contributed by atoms with van der Waals surface area (Å²) in [4.78, 5) is 25.5. The van der Waals surface area contributed by atoms with Crippen molar-refractivity contribution >= 4 is 27.8 Å². The van der Waals surface area contributed by atoms with E-state index in [2.05, 4.69) is 15.9 Å². The number of benzene rings is 1. The van der Waals surface area contributed by atoms with Crippen LogP contribution in [0.1, 0.15) is 23.7 Å². The molecular weight excluding hydrogens is 354 g/mol. The van der Waals surface area contributed by atoms with Crippen molar-refractivity contribution in [1.29, 1.82) is 0 Å². The van der Waals surface area contributed by atoms with Crippen molar-refractivity contribution in [2.45, 2.75) is 13.3 Å². The van der Waals surface area contributed by atoms with Gasteiger partial charge in [0.2, 0.25) is 0 Å². The largest absolute Gasteiger partial charge is 0.495 e. The Labute approximate surface area is 137 Å². The van der Waals surface area contributed by atoms with E-state index in [-0.39, 0.29) is 12.5 Å². The number of rotatable bonds is 4. The molecule has 0 aromatic heterocycles. The van der Waals surface area contributed by atoms with Crippen LogP contribution in [-0.2, 0) is 4.79 Å². The van der Waals surface area contributed by atoms with Gasteiger partial charge in [-0.05, 0) is 41.4 Å². The highest BCUT2D eigenvalue weighted by Crippen LogP contribution is 2.37. The van der Waals surface area contributed by atoms with Gasteiger partial charge in [0.05, 0.1) is 19.6 Å². The summed E-state index contributed by atoms with van der Waals surface area (Å²) in [5.74, 6) is -0.131. The highest BCUT2D eigenvalue weighted by atomic mass is 79.9. The van der Waals surface area contributed by atoms with Crippen molar-refractivity contribution in [3.63, 3.8) is 0 Å². The number of amides is 1. The van der Waals surface area contributed by atoms with Crippen LogP contribution in [0.5, 0.6) is 11.5 Å². The number of carboxylic acids is 1. The molecule has 0 saturated carbocycles. The number of nitrogens with zero attached hydrogens (tertiary/aromatic N) is 1. The molecule has 7 heteroatoms. The molecule has 0 spiro atoms. The van der Waals surface area contributed by atoms with Crippen LogP contribution in [0.4, 0.5) is 0 Å². The number of carbonyl (C=O) groups excluding carboxylic acids is 1. The molecule has 1 saturated heterocycles. The highest BCUT2D eigenvalue weighted by molar-refractivity contribution is 9.10. The Morgan fingerprint density at radius 3 is 2.23 bits per heavy atom. The fourth-order valence-electron chi connectivity index (χ4n) is 2.48. The smallest absolute Gasteiger partial charge is 0.311 e. The Kier molecular flexibility index (Phi) is 4.65. The zero-order valence-electron chi connectivity index (χ0n) is 12.7. The third-order valence-electron chi connectivity index (χ3n) is 3.97. The van der Waals surface area contributed by atoms with Crippen LogP contribution in [-0.4, -0.2) is 49.2 Å². The van der Waals surface area contributed by atoms with Crippen molar-refractivity contribution in [1.82, 2.24) is 4.90 Å². The van der Waals surface area contributed by atoms with Gasteiger partial charge in [-0.1, -0.05) is 0 Å². The zero-order chi connectivity index (χ0) is 16.5. The predicted octanol–water partition coefficient (Wildman–Crippen LogP) is 2.40. The standard InChI is InChI=1S/C15H18BrNO5/c1-15(14(19)20)4-5-17(8-15)13(18)9-6-10(21-2)12(16)11(7-9)22-3/h6-7H,4-5,8H2,1-3H3,(H,19,20). The van der Waals surface area contributed by atoms with E-state index in [1.807, 2.05) is 0 Å². The number of carboxylic acid groups (broad SMARTS) is 1. The van der Waals surface area contributed by atoms with Gasteiger partial charge >= 0.3 is 5.97 Å². The van der Waals surface area contributed by atoms with Gasteiger partial charge < -0.3 is 19.5 Å². The quantitative estimate of drug-likeness (QED) is 0.879. The molecule has 2 rings (SSSR count). The molecule has 1 fully saturated rings. The van der Waals surface area contributed by atoms with E-state index in [4.69, 9.17) is 9.47 Å². The van der Waals surface area contributed by atoms with Gasteiger partial charge in [-0.2, -0.15) is 0 Å². The van der Waals surface area contributed by atoms with Crippen molar-refractivity contribution < 1.29 is 24.2 Å². The summed E-state index contributed by atoms with van der Waals surface area (Å²) in [7, 11) is 3.01. The first kappa shape index (κ1) is 16.6. The average molecular weight is 372 g/mol. The average Bonchev–Trinajstić information content (AvgIpc) is 2.90. The molecule has 1 aliphatic heterocycles. The molecule has 0 aliphatic carbocycles. The maximum Gasteiger partial charge on any atom is 0.311 e.